The summed E-state index contributed by atoms with van der Waals surface area (Å²) in [6.07, 6.45) is 0. The molecule has 1 unspecified atom stereocenters. The molecule has 3 aromatic rings. The minimum Gasteiger partial charge on any atom is -0.392 e. The van der Waals surface area contributed by atoms with E-state index in [4.69, 9.17) is 5.73 Å². The third-order valence-electron chi connectivity index (χ3n) is 3.48. The van der Waals surface area contributed by atoms with Gasteiger partial charge >= 0.3 is 0 Å². The predicted octanol–water partition coefficient (Wildman–Crippen LogP) is 5.10. The highest BCUT2D eigenvalue weighted by Crippen LogP contribution is 2.44. The standard InChI is InChI=1S/C17H14N2S3/c18-16-15(11-5-2-1-3-6-11)19-17(22-16)14-9-8-13(21-14)12-7-4-10-20-12/h1-10,17,19H,18H2. The molecule has 0 saturated carbocycles. The molecule has 22 heavy (non-hydrogen) atoms. The van der Waals surface area contributed by atoms with Gasteiger partial charge in [0.15, 0.2) is 0 Å². The van der Waals surface area contributed by atoms with Crippen LogP contribution >= 0.6 is 34.4 Å². The maximum atomic E-state index is 6.23. The summed E-state index contributed by atoms with van der Waals surface area (Å²) in [7, 11) is 0. The number of hydrogen-bond donors (Lipinski definition) is 2. The number of nitrogens with two attached hydrogens (primary N) is 1. The first-order valence-electron chi connectivity index (χ1n) is 6.93. The van der Waals surface area contributed by atoms with Crippen molar-refractivity contribution in [2.24, 2.45) is 5.73 Å². The van der Waals surface area contributed by atoms with Gasteiger partial charge in [-0.25, -0.2) is 0 Å². The van der Waals surface area contributed by atoms with Crippen LogP contribution in [-0.2, 0) is 0 Å². The van der Waals surface area contributed by atoms with Crippen LogP contribution in [0, 0.1) is 0 Å². The van der Waals surface area contributed by atoms with E-state index in [9.17, 15) is 0 Å². The molecule has 2 aromatic heterocycles. The Morgan fingerprint density at radius 3 is 2.55 bits per heavy atom. The van der Waals surface area contributed by atoms with Crippen LogP contribution in [-0.4, -0.2) is 0 Å². The van der Waals surface area contributed by atoms with E-state index in [2.05, 4.69) is 47.1 Å². The molecule has 1 aromatic carbocycles. The van der Waals surface area contributed by atoms with Crippen molar-refractivity contribution in [3.8, 4) is 9.75 Å². The number of thioether (sulfide) groups is 1. The lowest BCUT2D eigenvalue weighted by atomic mass is 10.1. The maximum Gasteiger partial charge on any atom is 0.113 e. The molecule has 0 saturated heterocycles. The fourth-order valence-corrected chi connectivity index (χ4v) is 5.41. The van der Waals surface area contributed by atoms with Crippen LogP contribution in [0.4, 0.5) is 0 Å². The summed E-state index contributed by atoms with van der Waals surface area (Å²) >= 11 is 5.30. The first kappa shape index (κ1) is 13.9. The van der Waals surface area contributed by atoms with Gasteiger partial charge in [0.2, 0.25) is 0 Å². The van der Waals surface area contributed by atoms with Crippen LogP contribution in [0.1, 0.15) is 15.8 Å². The Bertz CT molecular complexity index is 804. The molecule has 1 atom stereocenters. The maximum absolute atomic E-state index is 6.23. The average Bonchev–Trinajstić information content (AvgIpc) is 3.28. The lowest BCUT2D eigenvalue weighted by Gasteiger charge is -2.10. The second-order valence-corrected chi connectivity index (χ2v) is 8.14. The molecule has 2 nitrogen and oxygen atoms in total. The lowest BCUT2D eigenvalue weighted by molar-refractivity contribution is 0.897. The van der Waals surface area contributed by atoms with Crippen molar-refractivity contribution in [1.29, 1.82) is 0 Å². The van der Waals surface area contributed by atoms with Gasteiger partial charge in [0.25, 0.3) is 0 Å². The summed E-state index contributed by atoms with van der Waals surface area (Å²) in [5.41, 5.74) is 8.41. The summed E-state index contributed by atoms with van der Waals surface area (Å²) in [4.78, 5) is 3.95. The Morgan fingerprint density at radius 1 is 0.909 bits per heavy atom. The Morgan fingerprint density at radius 2 is 1.77 bits per heavy atom. The van der Waals surface area contributed by atoms with Crippen LogP contribution in [0.25, 0.3) is 15.5 Å². The van der Waals surface area contributed by atoms with Gasteiger partial charge in [-0.05, 0) is 23.6 Å². The molecule has 5 heteroatoms. The van der Waals surface area contributed by atoms with Gasteiger partial charge in [-0.15, -0.1) is 22.7 Å². The minimum atomic E-state index is 0.203. The smallest absolute Gasteiger partial charge is 0.113 e. The molecule has 0 aliphatic carbocycles. The predicted molar refractivity (Wildman–Crippen MR) is 98.6 cm³/mol. The molecule has 0 amide bonds. The second kappa shape index (κ2) is 5.83. The Balaban J connectivity index is 1.57. The zero-order valence-corrected chi connectivity index (χ0v) is 14.1. The highest BCUT2D eigenvalue weighted by Gasteiger charge is 2.26. The molecule has 110 valence electrons. The van der Waals surface area contributed by atoms with Crippen LogP contribution in [0.15, 0.2) is 65.0 Å². The summed E-state index contributed by atoms with van der Waals surface area (Å²) in [5.74, 6) is 0. The van der Waals surface area contributed by atoms with Crippen molar-refractivity contribution in [2.45, 2.75) is 5.37 Å². The van der Waals surface area contributed by atoms with Gasteiger partial charge in [-0.3, -0.25) is 0 Å². The van der Waals surface area contributed by atoms with Crippen molar-refractivity contribution in [3.63, 3.8) is 0 Å². The van der Waals surface area contributed by atoms with Crippen molar-refractivity contribution < 1.29 is 0 Å². The van der Waals surface area contributed by atoms with Crippen molar-refractivity contribution in [1.82, 2.24) is 5.32 Å². The van der Waals surface area contributed by atoms with E-state index in [0.717, 1.165) is 16.3 Å². The van der Waals surface area contributed by atoms with Crippen molar-refractivity contribution >= 4 is 40.1 Å². The van der Waals surface area contributed by atoms with Crippen LogP contribution < -0.4 is 11.1 Å². The number of hydrogen-bond acceptors (Lipinski definition) is 5. The fourth-order valence-electron chi connectivity index (χ4n) is 2.42. The molecule has 3 heterocycles. The first-order valence-corrected chi connectivity index (χ1v) is 9.51. The van der Waals surface area contributed by atoms with Crippen molar-refractivity contribution in [3.05, 3.63) is 75.4 Å². The summed E-state index contributed by atoms with van der Waals surface area (Å²) < 4.78 is 0. The third-order valence-corrected chi connectivity index (χ3v) is 6.91. The number of thiophene rings is 2. The number of benzene rings is 1. The molecular formula is C17H14N2S3. The zero-order chi connectivity index (χ0) is 14.9. The number of nitrogens with one attached hydrogen (secondary N) is 1. The van der Waals surface area contributed by atoms with Gasteiger partial charge in [0, 0.05) is 20.2 Å². The van der Waals surface area contributed by atoms with Gasteiger partial charge in [-0.2, -0.15) is 0 Å². The van der Waals surface area contributed by atoms with Gasteiger partial charge in [0.05, 0.1) is 10.7 Å². The largest absolute Gasteiger partial charge is 0.392 e. The zero-order valence-electron chi connectivity index (χ0n) is 11.7. The minimum absolute atomic E-state index is 0.203. The Labute approximate surface area is 141 Å². The quantitative estimate of drug-likeness (QED) is 0.696. The Kier molecular flexibility index (Phi) is 3.70. The van der Waals surface area contributed by atoms with E-state index in [1.165, 1.54) is 14.6 Å². The molecule has 3 N–H and O–H groups in total. The van der Waals surface area contributed by atoms with Crippen molar-refractivity contribution in [2.75, 3.05) is 0 Å². The molecule has 0 radical (unpaired) electrons. The fraction of sp³-hybridized carbons (Fsp3) is 0.0588. The highest BCUT2D eigenvalue weighted by atomic mass is 32.2. The SMILES string of the molecule is NC1=C(c2ccccc2)NC(c2ccc(-c3cccs3)s2)S1. The van der Waals surface area contributed by atoms with E-state index >= 15 is 0 Å². The normalized spacial score (nSPS) is 17.7. The average molecular weight is 343 g/mol. The van der Waals surface area contributed by atoms with Gasteiger partial charge in [0.1, 0.15) is 5.37 Å². The molecule has 4 rings (SSSR count). The molecular weight excluding hydrogens is 328 g/mol. The molecule has 0 fully saturated rings. The topological polar surface area (TPSA) is 38.0 Å². The van der Waals surface area contributed by atoms with E-state index in [1.54, 1.807) is 23.1 Å². The third kappa shape index (κ3) is 2.56. The van der Waals surface area contributed by atoms with Gasteiger partial charge < -0.3 is 11.1 Å². The van der Waals surface area contributed by atoms with Crippen LogP contribution in [0.3, 0.4) is 0 Å². The lowest BCUT2D eigenvalue weighted by Crippen LogP contribution is -2.11. The van der Waals surface area contributed by atoms with Crippen LogP contribution in [0.2, 0.25) is 0 Å². The summed E-state index contributed by atoms with van der Waals surface area (Å²) in [5, 5.41) is 6.74. The van der Waals surface area contributed by atoms with E-state index in [-0.39, 0.29) is 5.37 Å². The number of rotatable bonds is 3. The molecule has 0 spiro atoms. The Hall–Kier alpha value is -1.69. The van der Waals surface area contributed by atoms with E-state index in [1.807, 2.05) is 29.5 Å². The summed E-state index contributed by atoms with van der Waals surface area (Å²) in [6.45, 7) is 0. The molecule has 0 bridgehead atoms. The van der Waals surface area contributed by atoms with E-state index < -0.39 is 0 Å². The second-order valence-electron chi connectivity index (χ2n) is 4.93. The van der Waals surface area contributed by atoms with Crippen LogP contribution in [0.5, 0.6) is 0 Å². The molecule has 1 aliphatic rings. The highest BCUT2D eigenvalue weighted by molar-refractivity contribution is 8.03. The monoisotopic (exact) mass is 342 g/mol. The first-order chi connectivity index (χ1) is 10.8. The van der Waals surface area contributed by atoms with E-state index in [0.29, 0.717) is 0 Å². The molecule has 1 aliphatic heterocycles. The van der Waals surface area contributed by atoms with Gasteiger partial charge in [-0.1, -0.05) is 48.2 Å². The summed E-state index contributed by atoms with van der Waals surface area (Å²) in [6, 6.07) is 18.9.